The first-order valence-electron chi connectivity index (χ1n) is 5.93. The average Bonchev–Trinajstić information content (AvgIpc) is 2.58. The summed E-state index contributed by atoms with van der Waals surface area (Å²) in [5, 5.41) is 3.49. The molecule has 1 N–H and O–H groups in total. The SMILES string of the molecule is CCc1ccc([C@H]2CNCC2(C)C)cc1. The van der Waals surface area contributed by atoms with Crippen LogP contribution in [0.2, 0.25) is 0 Å². The van der Waals surface area contributed by atoms with Crippen molar-refractivity contribution < 1.29 is 0 Å². The van der Waals surface area contributed by atoms with Gasteiger partial charge in [0, 0.05) is 19.0 Å². The van der Waals surface area contributed by atoms with E-state index in [4.69, 9.17) is 0 Å². The van der Waals surface area contributed by atoms with Gasteiger partial charge in [-0.05, 0) is 23.0 Å². The molecule has 82 valence electrons. The zero-order chi connectivity index (χ0) is 10.9. The Bertz CT molecular complexity index is 324. The van der Waals surface area contributed by atoms with E-state index in [0.717, 1.165) is 19.5 Å². The lowest BCUT2D eigenvalue weighted by atomic mass is 9.78. The zero-order valence-electron chi connectivity index (χ0n) is 10.0. The molecule has 1 aromatic carbocycles. The number of hydrogen-bond acceptors (Lipinski definition) is 1. The maximum Gasteiger partial charge on any atom is 0.00267 e. The van der Waals surface area contributed by atoms with Gasteiger partial charge in [-0.25, -0.2) is 0 Å². The molecule has 1 heteroatoms. The van der Waals surface area contributed by atoms with Gasteiger partial charge in [-0.2, -0.15) is 0 Å². The molecule has 1 nitrogen and oxygen atoms in total. The highest BCUT2D eigenvalue weighted by Crippen LogP contribution is 2.38. The smallest absolute Gasteiger partial charge is 0.00267 e. The molecule has 0 bridgehead atoms. The molecule has 1 atom stereocenters. The minimum Gasteiger partial charge on any atom is -0.316 e. The largest absolute Gasteiger partial charge is 0.316 e. The van der Waals surface area contributed by atoms with Crippen molar-refractivity contribution in [2.24, 2.45) is 5.41 Å². The minimum absolute atomic E-state index is 0.397. The summed E-state index contributed by atoms with van der Waals surface area (Å²) in [4.78, 5) is 0. The Morgan fingerprint density at radius 2 is 1.93 bits per heavy atom. The lowest BCUT2D eigenvalue weighted by Gasteiger charge is -2.26. The van der Waals surface area contributed by atoms with Gasteiger partial charge in [-0.3, -0.25) is 0 Å². The van der Waals surface area contributed by atoms with E-state index in [1.807, 2.05) is 0 Å². The molecule has 15 heavy (non-hydrogen) atoms. The number of rotatable bonds is 2. The van der Waals surface area contributed by atoms with Crippen LogP contribution in [-0.2, 0) is 6.42 Å². The van der Waals surface area contributed by atoms with Gasteiger partial charge in [0.25, 0.3) is 0 Å². The normalized spacial score (nSPS) is 24.3. The molecule has 1 heterocycles. The van der Waals surface area contributed by atoms with Gasteiger partial charge in [0.05, 0.1) is 0 Å². The van der Waals surface area contributed by atoms with Crippen LogP contribution < -0.4 is 5.32 Å². The van der Waals surface area contributed by atoms with Gasteiger partial charge in [0.2, 0.25) is 0 Å². The molecule has 0 spiro atoms. The van der Waals surface area contributed by atoms with E-state index in [9.17, 15) is 0 Å². The predicted molar refractivity (Wildman–Crippen MR) is 65.2 cm³/mol. The molecule has 1 saturated heterocycles. The third kappa shape index (κ3) is 2.07. The van der Waals surface area contributed by atoms with Gasteiger partial charge < -0.3 is 5.32 Å². The van der Waals surface area contributed by atoms with Crippen LogP contribution >= 0.6 is 0 Å². The topological polar surface area (TPSA) is 12.0 Å². The zero-order valence-corrected chi connectivity index (χ0v) is 10.0. The molecule has 1 aliphatic rings. The Kier molecular flexibility index (Phi) is 2.83. The standard InChI is InChI=1S/C14H21N/c1-4-11-5-7-12(8-6-11)13-9-15-10-14(13,2)3/h5-8,13,15H,4,9-10H2,1-3H3/t13-/m1/s1. The maximum absolute atomic E-state index is 3.49. The highest BCUT2D eigenvalue weighted by molar-refractivity contribution is 5.28. The maximum atomic E-state index is 3.49. The summed E-state index contributed by atoms with van der Waals surface area (Å²) in [5.41, 5.74) is 3.32. The molecule has 0 unspecified atom stereocenters. The number of aryl methyl sites for hydroxylation is 1. The lowest BCUT2D eigenvalue weighted by Crippen LogP contribution is -2.20. The number of benzene rings is 1. The molecule has 0 amide bonds. The molecule has 1 aliphatic heterocycles. The molecule has 0 aromatic heterocycles. The molecule has 1 fully saturated rings. The van der Waals surface area contributed by atoms with Crippen LogP contribution in [0.4, 0.5) is 0 Å². The predicted octanol–water partition coefficient (Wildman–Crippen LogP) is 2.96. The van der Waals surface area contributed by atoms with Crippen LogP contribution in [0.5, 0.6) is 0 Å². The first-order chi connectivity index (χ1) is 7.13. The summed E-state index contributed by atoms with van der Waals surface area (Å²) in [6.07, 6.45) is 1.13. The van der Waals surface area contributed by atoms with Crippen LogP contribution in [-0.4, -0.2) is 13.1 Å². The monoisotopic (exact) mass is 203 g/mol. The van der Waals surface area contributed by atoms with Crippen LogP contribution in [0.25, 0.3) is 0 Å². The first kappa shape index (κ1) is 10.7. The van der Waals surface area contributed by atoms with Crippen LogP contribution in [0.3, 0.4) is 0 Å². The van der Waals surface area contributed by atoms with E-state index in [0.29, 0.717) is 11.3 Å². The Labute approximate surface area is 92.9 Å². The third-order valence-electron chi connectivity index (χ3n) is 3.66. The molecule has 2 rings (SSSR count). The molecule has 0 radical (unpaired) electrons. The van der Waals surface area contributed by atoms with E-state index in [-0.39, 0.29) is 0 Å². The van der Waals surface area contributed by atoms with Gasteiger partial charge in [0.15, 0.2) is 0 Å². The Morgan fingerprint density at radius 1 is 1.27 bits per heavy atom. The van der Waals surface area contributed by atoms with Crippen molar-refractivity contribution in [1.82, 2.24) is 5.32 Å². The van der Waals surface area contributed by atoms with E-state index in [1.54, 1.807) is 0 Å². The molecular weight excluding hydrogens is 182 g/mol. The Hall–Kier alpha value is -0.820. The van der Waals surface area contributed by atoms with Gasteiger partial charge in [-0.15, -0.1) is 0 Å². The fraction of sp³-hybridized carbons (Fsp3) is 0.571. The Morgan fingerprint density at radius 3 is 2.40 bits per heavy atom. The second-order valence-electron chi connectivity index (χ2n) is 5.27. The van der Waals surface area contributed by atoms with Crippen molar-refractivity contribution in [2.45, 2.75) is 33.1 Å². The first-order valence-corrected chi connectivity index (χ1v) is 5.93. The number of nitrogens with one attached hydrogen (secondary N) is 1. The van der Waals surface area contributed by atoms with Crippen molar-refractivity contribution in [1.29, 1.82) is 0 Å². The second-order valence-corrected chi connectivity index (χ2v) is 5.27. The summed E-state index contributed by atoms with van der Waals surface area (Å²) in [6.45, 7) is 9.17. The molecule has 0 aliphatic carbocycles. The quantitative estimate of drug-likeness (QED) is 0.779. The summed E-state index contributed by atoms with van der Waals surface area (Å²) in [7, 11) is 0. The fourth-order valence-electron chi connectivity index (χ4n) is 2.49. The summed E-state index contributed by atoms with van der Waals surface area (Å²) >= 11 is 0. The van der Waals surface area contributed by atoms with E-state index >= 15 is 0 Å². The second kappa shape index (κ2) is 3.97. The van der Waals surface area contributed by atoms with Crippen molar-refractivity contribution in [3.05, 3.63) is 35.4 Å². The minimum atomic E-state index is 0.397. The highest BCUT2D eigenvalue weighted by atomic mass is 14.9. The van der Waals surface area contributed by atoms with Crippen molar-refractivity contribution in [2.75, 3.05) is 13.1 Å². The third-order valence-corrected chi connectivity index (χ3v) is 3.66. The van der Waals surface area contributed by atoms with Crippen LogP contribution in [0.1, 0.15) is 37.8 Å². The summed E-state index contributed by atoms with van der Waals surface area (Å²) < 4.78 is 0. The Balaban J connectivity index is 2.22. The fourth-order valence-corrected chi connectivity index (χ4v) is 2.49. The molecule has 1 aromatic rings. The highest BCUT2D eigenvalue weighted by Gasteiger charge is 2.35. The van der Waals surface area contributed by atoms with E-state index < -0.39 is 0 Å². The van der Waals surface area contributed by atoms with E-state index in [1.165, 1.54) is 11.1 Å². The average molecular weight is 203 g/mol. The molecular formula is C14H21N. The van der Waals surface area contributed by atoms with Crippen molar-refractivity contribution in [3.8, 4) is 0 Å². The number of hydrogen-bond donors (Lipinski definition) is 1. The lowest BCUT2D eigenvalue weighted by molar-refractivity contribution is 0.363. The van der Waals surface area contributed by atoms with E-state index in [2.05, 4.69) is 50.4 Å². The van der Waals surface area contributed by atoms with Crippen molar-refractivity contribution >= 4 is 0 Å². The van der Waals surface area contributed by atoms with Crippen LogP contribution in [0.15, 0.2) is 24.3 Å². The summed E-state index contributed by atoms with van der Waals surface area (Å²) in [5.74, 6) is 0.670. The van der Waals surface area contributed by atoms with Crippen molar-refractivity contribution in [3.63, 3.8) is 0 Å². The summed E-state index contributed by atoms with van der Waals surface area (Å²) in [6, 6.07) is 9.14. The molecule has 0 saturated carbocycles. The van der Waals surface area contributed by atoms with Gasteiger partial charge in [-0.1, -0.05) is 45.0 Å². The van der Waals surface area contributed by atoms with Gasteiger partial charge >= 0.3 is 0 Å². The van der Waals surface area contributed by atoms with Crippen LogP contribution in [0, 0.1) is 5.41 Å². The van der Waals surface area contributed by atoms with Gasteiger partial charge in [0.1, 0.15) is 0 Å².